The molecule has 32 heavy (non-hydrogen) atoms. The number of likely N-dealkylation sites (tertiary alicyclic amines) is 1. The highest BCUT2D eigenvalue weighted by atomic mass is 16.6. The lowest BCUT2D eigenvalue weighted by Gasteiger charge is -2.54. The average Bonchev–Trinajstić information content (AvgIpc) is 3.10. The number of hydrogen-bond acceptors (Lipinski definition) is 4. The van der Waals surface area contributed by atoms with Gasteiger partial charge < -0.3 is 19.1 Å². The molecule has 4 rings (SSSR count). The monoisotopic (exact) mass is 441 g/mol. The molecular weight excluding hydrogens is 402 g/mol. The minimum Gasteiger partial charge on any atom is -0.487 e. The van der Waals surface area contributed by atoms with E-state index in [1.165, 1.54) is 5.57 Å². The van der Waals surface area contributed by atoms with Crippen LogP contribution in [0.1, 0.15) is 85.3 Å². The summed E-state index contributed by atoms with van der Waals surface area (Å²) in [6.45, 7) is 13.5. The lowest BCUT2D eigenvalue weighted by atomic mass is 9.68. The minimum absolute atomic E-state index is 0.0108. The normalized spacial score (nSPS) is 31.5. The summed E-state index contributed by atoms with van der Waals surface area (Å²) < 4.78 is 19.1. The van der Waals surface area contributed by atoms with Gasteiger partial charge in [0.05, 0.1) is 18.2 Å². The van der Waals surface area contributed by atoms with E-state index in [0.29, 0.717) is 6.61 Å². The third-order valence-electron chi connectivity index (χ3n) is 7.25. The summed E-state index contributed by atoms with van der Waals surface area (Å²) >= 11 is 0. The smallest absolute Gasteiger partial charge is 0.410 e. The van der Waals surface area contributed by atoms with Crippen LogP contribution in [0.5, 0.6) is 5.75 Å². The third-order valence-corrected chi connectivity index (χ3v) is 7.25. The Morgan fingerprint density at radius 2 is 2.03 bits per heavy atom. The van der Waals surface area contributed by atoms with Crippen LogP contribution in [0.4, 0.5) is 4.79 Å². The standard InChI is InChI=1S/C27H39NO4/c1-19(2)11-9-14-26(6)21-17-27(15-10-16-28(27)24(29)32-25(3,4)5)18-30-23(21)20-12-7-8-13-22(20)31-26/h7-8,11-13,21,23H,9-10,14-18H2,1-6H3/t21-,23+,26+,27-/m0/s1. The second kappa shape index (κ2) is 8.40. The molecule has 5 heteroatoms. The van der Waals surface area contributed by atoms with Crippen LogP contribution in [0.2, 0.25) is 0 Å². The maximum atomic E-state index is 13.1. The first-order valence-corrected chi connectivity index (χ1v) is 12.1. The van der Waals surface area contributed by atoms with Crippen LogP contribution < -0.4 is 4.74 Å². The predicted octanol–water partition coefficient (Wildman–Crippen LogP) is 6.43. The Labute approximate surface area is 193 Å². The van der Waals surface area contributed by atoms with Crippen molar-refractivity contribution in [2.75, 3.05) is 13.2 Å². The zero-order valence-corrected chi connectivity index (χ0v) is 20.6. The van der Waals surface area contributed by atoms with Crippen molar-refractivity contribution in [3.8, 4) is 5.75 Å². The zero-order valence-electron chi connectivity index (χ0n) is 20.6. The lowest BCUT2D eigenvalue weighted by Crippen LogP contribution is -2.60. The first-order valence-electron chi connectivity index (χ1n) is 12.1. The largest absolute Gasteiger partial charge is 0.487 e. The van der Waals surface area contributed by atoms with E-state index in [1.807, 2.05) is 31.7 Å². The second-order valence-corrected chi connectivity index (χ2v) is 11.3. The van der Waals surface area contributed by atoms with Crippen molar-refractivity contribution in [1.82, 2.24) is 4.90 Å². The number of nitrogens with zero attached hydrogens (tertiary/aromatic N) is 1. The minimum atomic E-state index is -0.509. The molecule has 4 atom stereocenters. The van der Waals surface area contributed by atoms with Crippen molar-refractivity contribution < 1.29 is 19.0 Å². The highest BCUT2D eigenvalue weighted by molar-refractivity contribution is 5.70. The van der Waals surface area contributed by atoms with Gasteiger partial charge in [0, 0.05) is 18.0 Å². The van der Waals surface area contributed by atoms with Gasteiger partial charge in [0.1, 0.15) is 17.0 Å². The Balaban J connectivity index is 1.65. The van der Waals surface area contributed by atoms with Gasteiger partial charge in [-0.1, -0.05) is 29.8 Å². The Kier molecular flexibility index (Phi) is 6.08. The molecule has 0 saturated carbocycles. The first-order chi connectivity index (χ1) is 15.0. The molecule has 3 aliphatic rings. The van der Waals surface area contributed by atoms with Crippen LogP contribution in [-0.4, -0.2) is 40.9 Å². The topological polar surface area (TPSA) is 48.0 Å². The lowest BCUT2D eigenvalue weighted by molar-refractivity contribution is -0.170. The molecule has 0 aromatic heterocycles. The average molecular weight is 442 g/mol. The van der Waals surface area contributed by atoms with Crippen LogP contribution in [0.15, 0.2) is 35.9 Å². The van der Waals surface area contributed by atoms with Gasteiger partial charge >= 0.3 is 6.09 Å². The highest BCUT2D eigenvalue weighted by Gasteiger charge is 2.57. The van der Waals surface area contributed by atoms with E-state index in [2.05, 4.69) is 45.0 Å². The van der Waals surface area contributed by atoms with Gasteiger partial charge in [0.2, 0.25) is 0 Å². The summed E-state index contributed by atoms with van der Waals surface area (Å²) in [5, 5.41) is 0. The zero-order chi connectivity index (χ0) is 23.1. The van der Waals surface area contributed by atoms with E-state index in [-0.39, 0.29) is 29.3 Å². The molecule has 0 radical (unpaired) electrons. The summed E-state index contributed by atoms with van der Waals surface area (Å²) in [5.74, 6) is 1.10. The van der Waals surface area contributed by atoms with E-state index in [4.69, 9.17) is 14.2 Å². The third kappa shape index (κ3) is 4.41. The molecule has 2 saturated heterocycles. The molecule has 1 spiro atoms. The van der Waals surface area contributed by atoms with Crippen molar-refractivity contribution in [3.05, 3.63) is 41.5 Å². The number of carbonyl (C=O) groups excluding carboxylic acids is 1. The fourth-order valence-corrected chi connectivity index (χ4v) is 5.70. The summed E-state index contributed by atoms with van der Waals surface area (Å²) in [4.78, 5) is 15.1. The molecule has 176 valence electrons. The Morgan fingerprint density at radius 3 is 2.75 bits per heavy atom. The number of carbonyl (C=O) groups is 1. The molecule has 1 aromatic carbocycles. The van der Waals surface area contributed by atoms with E-state index >= 15 is 0 Å². The molecule has 0 N–H and O–H groups in total. The van der Waals surface area contributed by atoms with E-state index < -0.39 is 5.60 Å². The number of ether oxygens (including phenoxy) is 3. The molecule has 0 aliphatic carbocycles. The van der Waals surface area contributed by atoms with Gasteiger partial charge in [0.15, 0.2) is 0 Å². The molecule has 1 aromatic rings. The maximum absolute atomic E-state index is 13.1. The molecule has 5 nitrogen and oxygen atoms in total. The number of rotatable bonds is 3. The molecule has 1 amide bonds. The van der Waals surface area contributed by atoms with E-state index in [9.17, 15) is 4.79 Å². The molecule has 2 fully saturated rings. The van der Waals surface area contributed by atoms with Gasteiger partial charge in [-0.05, 0) is 79.7 Å². The highest BCUT2D eigenvalue weighted by Crippen LogP contribution is 2.55. The number of para-hydroxylation sites is 1. The van der Waals surface area contributed by atoms with Gasteiger partial charge in [-0.15, -0.1) is 0 Å². The molecule has 3 heterocycles. The Morgan fingerprint density at radius 1 is 1.28 bits per heavy atom. The van der Waals surface area contributed by atoms with Crippen LogP contribution in [-0.2, 0) is 9.47 Å². The molecule has 0 unspecified atom stereocenters. The van der Waals surface area contributed by atoms with Crippen LogP contribution in [0.25, 0.3) is 0 Å². The fourth-order valence-electron chi connectivity index (χ4n) is 5.70. The maximum Gasteiger partial charge on any atom is 0.410 e. The van der Waals surface area contributed by atoms with Crippen LogP contribution >= 0.6 is 0 Å². The fraction of sp³-hybridized carbons (Fsp3) is 0.667. The molecule has 3 aliphatic heterocycles. The van der Waals surface area contributed by atoms with Crippen molar-refractivity contribution >= 4 is 6.09 Å². The summed E-state index contributed by atoms with van der Waals surface area (Å²) in [6.07, 6.45) is 6.73. The quantitative estimate of drug-likeness (QED) is 0.507. The number of benzene rings is 1. The van der Waals surface area contributed by atoms with E-state index in [1.54, 1.807) is 0 Å². The SMILES string of the molecule is CC(C)=CCC[C@@]1(C)Oc2ccccc2[C@H]2OC[C@]3(CCCN3C(=O)OC(C)(C)C)C[C@@H]21. The van der Waals surface area contributed by atoms with Crippen LogP contribution in [0, 0.1) is 5.92 Å². The summed E-state index contributed by atoms with van der Waals surface area (Å²) in [7, 11) is 0. The summed E-state index contributed by atoms with van der Waals surface area (Å²) in [5.41, 5.74) is 1.26. The number of allylic oxidation sites excluding steroid dienone is 2. The van der Waals surface area contributed by atoms with Gasteiger partial charge in [-0.3, -0.25) is 0 Å². The molecule has 0 bridgehead atoms. The first kappa shape index (κ1) is 23.2. The Bertz CT molecular complexity index is 884. The van der Waals surface area contributed by atoms with Crippen molar-refractivity contribution in [3.63, 3.8) is 0 Å². The molecular formula is C27H39NO4. The second-order valence-electron chi connectivity index (χ2n) is 11.3. The number of fused-ring (bicyclic) bond motifs is 3. The van der Waals surface area contributed by atoms with Crippen molar-refractivity contribution in [1.29, 1.82) is 0 Å². The predicted molar refractivity (Wildman–Crippen MR) is 126 cm³/mol. The Hall–Kier alpha value is -2.01. The van der Waals surface area contributed by atoms with Crippen LogP contribution in [0.3, 0.4) is 0 Å². The van der Waals surface area contributed by atoms with Crippen molar-refractivity contribution in [2.45, 2.75) is 96.5 Å². The number of amides is 1. The summed E-state index contributed by atoms with van der Waals surface area (Å²) in [6, 6.07) is 8.27. The van der Waals surface area contributed by atoms with Gasteiger partial charge in [0.25, 0.3) is 0 Å². The van der Waals surface area contributed by atoms with E-state index in [0.717, 1.165) is 50.0 Å². The van der Waals surface area contributed by atoms with Gasteiger partial charge in [-0.25, -0.2) is 4.79 Å². The van der Waals surface area contributed by atoms with Gasteiger partial charge in [-0.2, -0.15) is 0 Å². The van der Waals surface area contributed by atoms with Crippen molar-refractivity contribution in [2.24, 2.45) is 5.92 Å². The number of hydrogen-bond donors (Lipinski definition) is 0.